The van der Waals surface area contributed by atoms with E-state index in [9.17, 15) is 0 Å². The van der Waals surface area contributed by atoms with Crippen LogP contribution in [0.4, 0.5) is 0 Å². The molecule has 0 aromatic heterocycles. The Morgan fingerprint density at radius 1 is 1.20 bits per heavy atom. The van der Waals surface area contributed by atoms with Gasteiger partial charge in [0, 0.05) is 10.1 Å². The number of thioether (sulfide) groups is 1. The van der Waals surface area contributed by atoms with Crippen LogP contribution in [0.15, 0.2) is 0 Å². The normalized spacial score (nSPS) is 12.0. The van der Waals surface area contributed by atoms with Gasteiger partial charge in [-0.3, -0.25) is 0 Å². The van der Waals surface area contributed by atoms with Crippen LogP contribution in [-0.4, -0.2) is 15.8 Å². The van der Waals surface area contributed by atoms with E-state index >= 15 is 0 Å². The van der Waals surface area contributed by atoms with Crippen LogP contribution in [0.5, 0.6) is 0 Å². The lowest BCUT2D eigenvalue weighted by Gasteiger charge is -2.16. The topological polar surface area (TPSA) is 0 Å². The van der Waals surface area contributed by atoms with Crippen molar-refractivity contribution in [2.75, 3.05) is 11.1 Å². The third kappa shape index (κ3) is 8.83. The fourth-order valence-electron chi connectivity index (χ4n) is 0.575. The van der Waals surface area contributed by atoms with E-state index in [0.29, 0.717) is 4.75 Å². The van der Waals surface area contributed by atoms with E-state index < -0.39 is 0 Å². The highest BCUT2D eigenvalue weighted by Gasteiger charge is 2.08. The molecule has 62 valence electrons. The second-order valence-corrected chi connectivity index (χ2v) is 6.07. The number of unbranched alkanes of at least 4 members (excludes halogenated alkanes) is 1. The van der Waals surface area contributed by atoms with Gasteiger partial charge in [0.25, 0.3) is 0 Å². The molecule has 0 saturated carbocycles. The van der Waals surface area contributed by atoms with Crippen LogP contribution in [-0.2, 0) is 0 Å². The number of rotatable bonds is 4. The monoisotopic (exact) mass is 224 g/mol. The summed E-state index contributed by atoms with van der Waals surface area (Å²) in [5, 5.41) is 1.15. The van der Waals surface area contributed by atoms with E-state index in [1.807, 2.05) is 0 Å². The van der Waals surface area contributed by atoms with Crippen LogP contribution >= 0.6 is 27.7 Å². The van der Waals surface area contributed by atoms with E-state index in [1.54, 1.807) is 0 Å². The summed E-state index contributed by atoms with van der Waals surface area (Å²) in [6.07, 6.45) is 2.65. The van der Waals surface area contributed by atoms with Crippen molar-refractivity contribution in [3.8, 4) is 0 Å². The highest BCUT2D eigenvalue weighted by molar-refractivity contribution is 9.09. The third-order valence-electron chi connectivity index (χ3n) is 1.06. The molecule has 0 unspecified atom stereocenters. The quantitative estimate of drug-likeness (QED) is 0.519. The Bertz CT molecular complexity index is 75.8. The summed E-state index contributed by atoms with van der Waals surface area (Å²) < 4.78 is 0.451. The van der Waals surface area contributed by atoms with Crippen molar-refractivity contribution in [2.45, 2.75) is 38.4 Å². The standard InChI is InChI=1S/C8H17BrS/c1-8(2,3)10-7-5-4-6-9/h4-7H2,1-3H3. The Labute approximate surface area is 77.3 Å². The fourth-order valence-corrected chi connectivity index (χ4v) is 1.93. The second kappa shape index (κ2) is 5.48. The van der Waals surface area contributed by atoms with E-state index in [0.717, 1.165) is 5.33 Å². The molecule has 0 aromatic rings. The smallest absolute Gasteiger partial charge is 0.00750 e. The van der Waals surface area contributed by atoms with Gasteiger partial charge in [0.15, 0.2) is 0 Å². The third-order valence-corrected chi connectivity index (χ3v) is 2.98. The molecule has 0 aliphatic heterocycles. The molecule has 0 aliphatic rings. The van der Waals surface area contributed by atoms with Crippen LogP contribution < -0.4 is 0 Å². The van der Waals surface area contributed by atoms with Crippen LogP contribution in [0.2, 0.25) is 0 Å². The van der Waals surface area contributed by atoms with Gasteiger partial charge < -0.3 is 0 Å². The summed E-state index contributed by atoms with van der Waals surface area (Å²) in [7, 11) is 0. The summed E-state index contributed by atoms with van der Waals surface area (Å²) in [4.78, 5) is 0. The summed E-state index contributed by atoms with van der Waals surface area (Å²) in [6, 6.07) is 0. The number of hydrogen-bond acceptors (Lipinski definition) is 1. The lowest BCUT2D eigenvalue weighted by atomic mass is 10.3. The van der Waals surface area contributed by atoms with Gasteiger partial charge in [0.1, 0.15) is 0 Å². The van der Waals surface area contributed by atoms with Crippen molar-refractivity contribution >= 4 is 27.7 Å². The lowest BCUT2D eigenvalue weighted by molar-refractivity contribution is 0.795. The average Bonchev–Trinajstić information content (AvgIpc) is 1.78. The molecule has 0 aromatic carbocycles. The number of hydrogen-bond donors (Lipinski definition) is 0. The number of halogens is 1. The van der Waals surface area contributed by atoms with E-state index in [4.69, 9.17) is 0 Å². The SMILES string of the molecule is CC(C)(C)SCCCCBr. The summed E-state index contributed by atoms with van der Waals surface area (Å²) in [5.41, 5.74) is 0. The van der Waals surface area contributed by atoms with Gasteiger partial charge in [0.05, 0.1) is 0 Å². The van der Waals surface area contributed by atoms with Crippen molar-refractivity contribution in [3.05, 3.63) is 0 Å². The molecule has 2 heteroatoms. The van der Waals surface area contributed by atoms with Gasteiger partial charge in [-0.05, 0) is 18.6 Å². The average molecular weight is 225 g/mol. The van der Waals surface area contributed by atoms with Crippen molar-refractivity contribution in [3.63, 3.8) is 0 Å². The minimum atomic E-state index is 0.451. The molecule has 0 fully saturated rings. The molecule has 0 aliphatic carbocycles. The first kappa shape index (κ1) is 10.8. The predicted octanol–water partition coefficient (Wildman–Crippen LogP) is 3.69. The van der Waals surface area contributed by atoms with Crippen molar-refractivity contribution in [2.24, 2.45) is 0 Å². The molecule has 0 amide bonds. The van der Waals surface area contributed by atoms with Crippen LogP contribution in [0.1, 0.15) is 33.6 Å². The largest absolute Gasteiger partial charge is 0.156 e. The number of alkyl halides is 1. The molecule has 0 nitrogen and oxygen atoms in total. The van der Waals surface area contributed by atoms with Gasteiger partial charge in [0.2, 0.25) is 0 Å². The minimum absolute atomic E-state index is 0.451. The molecule has 0 bridgehead atoms. The molecule has 0 N–H and O–H groups in total. The minimum Gasteiger partial charge on any atom is -0.156 e. The molecule has 0 spiro atoms. The Hall–Kier alpha value is 0.830. The first-order valence-electron chi connectivity index (χ1n) is 3.76. The van der Waals surface area contributed by atoms with Gasteiger partial charge in [-0.15, -0.1) is 0 Å². The van der Waals surface area contributed by atoms with Gasteiger partial charge >= 0.3 is 0 Å². The van der Waals surface area contributed by atoms with Crippen LogP contribution in [0.3, 0.4) is 0 Å². The Kier molecular flexibility index (Phi) is 5.93. The lowest BCUT2D eigenvalue weighted by Crippen LogP contribution is -2.08. The van der Waals surface area contributed by atoms with E-state index in [-0.39, 0.29) is 0 Å². The zero-order chi connectivity index (χ0) is 8.04. The van der Waals surface area contributed by atoms with Gasteiger partial charge in [-0.1, -0.05) is 36.7 Å². The highest BCUT2D eigenvalue weighted by atomic mass is 79.9. The molecule has 0 radical (unpaired) electrons. The second-order valence-electron chi connectivity index (χ2n) is 3.36. The van der Waals surface area contributed by atoms with Gasteiger partial charge in [-0.2, -0.15) is 11.8 Å². The highest BCUT2D eigenvalue weighted by Crippen LogP contribution is 2.23. The maximum atomic E-state index is 3.42. The molecule has 10 heavy (non-hydrogen) atoms. The summed E-state index contributed by atoms with van der Waals surface area (Å²) in [5.74, 6) is 1.30. The van der Waals surface area contributed by atoms with Crippen LogP contribution in [0, 0.1) is 0 Å². The molecular weight excluding hydrogens is 208 g/mol. The molecule has 0 saturated heterocycles. The maximum absolute atomic E-state index is 3.42. The Morgan fingerprint density at radius 2 is 1.80 bits per heavy atom. The first-order valence-corrected chi connectivity index (χ1v) is 5.87. The summed E-state index contributed by atoms with van der Waals surface area (Å²) >= 11 is 5.47. The molecule has 0 heterocycles. The van der Waals surface area contributed by atoms with Crippen molar-refractivity contribution in [1.29, 1.82) is 0 Å². The van der Waals surface area contributed by atoms with Crippen LogP contribution in [0.25, 0.3) is 0 Å². The molecular formula is C8H17BrS. The Morgan fingerprint density at radius 3 is 2.20 bits per heavy atom. The summed E-state index contributed by atoms with van der Waals surface area (Å²) in [6.45, 7) is 6.81. The molecule has 0 atom stereocenters. The fraction of sp³-hybridized carbons (Fsp3) is 1.00. The van der Waals surface area contributed by atoms with E-state index in [1.165, 1.54) is 18.6 Å². The Balaban J connectivity index is 3.04. The maximum Gasteiger partial charge on any atom is 0.00750 e. The van der Waals surface area contributed by atoms with Gasteiger partial charge in [-0.25, -0.2) is 0 Å². The zero-order valence-electron chi connectivity index (χ0n) is 7.11. The predicted molar refractivity (Wildman–Crippen MR) is 55.2 cm³/mol. The van der Waals surface area contributed by atoms with Crippen molar-refractivity contribution in [1.82, 2.24) is 0 Å². The first-order chi connectivity index (χ1) is 4.56. The molecule has 0 rings (SSSR count). The van der Waals surface area contributed by atoms with E-state index in [2.05, 4.69) is 48.5 Å². The van der Waals surface area contributed by atoms with Crippen molar-refractivity contribution < 1.29 is 0 Å². The zero-order valence-corrected chi connectivity index (χ0v) is 9.52.